The Morgan fingerprint density at radius 1 is 0.750 bits per heavy atom. The zero-order chi connectivity index (χ0) is 16.5. The predicted octanol–water partition coefficient (Wildman–Crippen LogP) is 6.15. The normalized spacial score (nSPS) is 11.3. The third-order valence-corrected chi connectivity index (χ3v) is 5.24. The van der Waals surface area contributed by atoms with Crippen LogP contribution >= 0.6 is 11.3 Å². The van der Waals surface area contributed by atoms with Gasteiger partial charge in [-0.25, -0.2) is 0 Å². The van der Waals surface area contributed by atoms with Gasteiger partial charge in [0.05, 0.1) is 0 Å². The van der Waals surface area contributed by atoms with Crippen LogP contribution in [0, 0.1) is 0 Å². The maximum absolute atomic E-state index is 4.45. The molecule has 0 amide bonds. The van der Waals surface area contributed by atoms with Crippen LogP contribution in [-0.4, -0.2) is 10.2 Å². The van der Waals surface area contributed by atoms with Gasteiger partial charge in [0.2, 0.25) is 0 Å². The molecule has 24 heavy (non-hydrogen) atoms. The fraction of sp³-hybridized carbons (Fsp3) is 0.143. The van der Waals surface area contributed by atoms with Gasteiger partial charge in [0, 0.05) is 11.1 Å². The lowest BCUT2D eigenvalue weighted by atomic mass is 9.98. The third-order valence-electron chi connectivity index (χ3n) is 4.23. The number of aromatic nitrogens is 2. The average Bonchev–Trinajstić information content (AvgIpc) is 3.11. The summed E-state index contributed by atoms with van der Waals surface area (Å²) in [5.74, 6) is 0.467. The van der Waals surface area contributed by atoms with Gasteiger partial charge in [-0.3, -0.25) is 0 Å². The predicted molar refractivity (Wildman–Crippen MR) is 102 cm³/mol. The number of benzene rings is 3. The van der Waals surface area contributed by atoms with Gasteiger partial charge in [-0.2, -0.15) is 0 Å². The van der Waals surface area contributed by atoms with Crippen molar-refractivity contribution in [2.75, 3.05) is 0 Å². The summed E-state index contributed by atoms with van der Waals surface area (Å²) in [4.78, 5) is 0. The molecule has 0 fully saturated rings. The van der Waals surface area contributed by atoms with Gasteiger partial charge in [0.1, 0.15) is 10.0 Å². The van der Waals surface area contributed by atoms with Crippen LogP contribution in [0.2, 0.25) is 0 Å². The van der Waals surface area contributed by atoms with E-state index in [4.69, 9.17) is 0 Å². The largest absolute Gasteiger partial charge is 0.148 e. The Kier molecular flexibility index (Phi) is 3.87. The van der Waals surface area contributed by atoms with Crippen molar-refractivity contribution in [3.8, 4) is 21.1 Å². The lowest BCUT2D eigenvalue weighted by Gasteiger charge is -2.09. The van der Waals surface area contributed by atoms with Gasteiger partial charge < -0.3 is 0 Å². The summed E-state index contributed by atoms with van der Waals surface area (Å²) in [6.45, 7) is 4.42. The van der Waals surface area contributed by atoms with Crippen LogP contribution in [0.1, 0.15) is 25.3 Å². The Bertz CT molecular complexity index is 1000. The topological polar surface area (TPSA) is 25.8 Å². The van der Waals surface area contributed by atoms with Gasteiger partial charge >= 0.3 is 0 Å². The van der Waals surface area contributed by atoms with E-state index in [1.54, 1.807) is 11.3 Å². The summed E-state index contributed by atoms with van der Waals surface area (Å²) in [6.07, 6.45) is 0. The van der Waals surface area contributed by atoms with Gasteiger partial charge in [0.15, 0.2) is 0 Å². The third kappa shape index (κ3) is 2.72. The maximum Gasteiger partial charge on any atom is 0.148 e. The number of hydrogen-bond donors (Lipinski definition) is 0. The van der Waals surface area contributed by atoms with E-state index >= 15 is 0 Å². The van der Waals surface area contributed by atoms with Crippen molar-refractivity contribution in [2.45, 2.75) is 19.8 Å². The Balaban J connectivity index is 1.77. The first-order chi connectivity index (χ1) is 11.7. The van der Waals surface area contributed by atoms with Crippen molar-refractivity contribution in [2.24, 2.45) is 0 Å². The van der Waals surface area contributed by atoms with E-state index in [2.05, 4.69) is 90.8 Å². The SMILES string of the molecule is CC(C)c1ccccc1-c1nnc(-c2ccc3ccccc3c2)s1. The number of hydrogen-bond acceptors (Lipinski definition) is 3. The van der Waals surface area contributed by atoms with E-state index in [1.165, 1.54) is 21.9 Å². The highest BCUT2D eigenvalue weighted by molar-refractivity contribution is 7.17. The first-order valence-corrected chi connectivity index (χ1v) is 8.96. The molecule has 0 aliphatic heterocycles. The second-order valence-electron chi connectivity index (χ2n) is 6.22. The van der Waals surface area contributed by atoms with Crippen molar-refractivity contribution in [3.63, 3.8) is 0 Å². The Morgan fingerprint density at radius 2 is 1.46 bits per heavy atom. The Labute approximate surface area is 145 Å². The molecule has 0 saturated heterocycles. The van der Waals surface area contributed by atoms with Crippen LogP contribution in [0.4, 0.5) is 0 Å². The van der Waals surface area contributed by atoms with Gasteiger partial charge in [-0.05, 0) is 28.3 Å². The van der Waals surface area contributed by atoms with Crippen LogP contribution in [0.5, 0.6) is 0 Å². The second kappa shape index (κ2) is 6.17. The molecule has 0 aliphatic carbocycles. The van der Waals surface area contributed by atoms with Crippen molar-refractivity contribution in [1.82, 2.24) is 10.2 Å². The highest BCUT2D eigenvalue weighted by Gasteiger charge is 2.13. The fourth-order valence-electron chi connectivity index (χ4n) is 2.97. The number of rotatable bonds is 3. The highest BCUT2D eigenvalue weighted by Crippen LogP contribution is 2.35. The van der Waals surface area contributed by atoms with Gasteiger partial charge in [-0.1, -0.05) is 85.8 Å². The number of nitrogens with zero attached hydrogens (tertiary/aromatic N) is 2. The molecule has 0 bridgehead atoms. The van der Waals surface area contributed by atoms with Crippen LogP contribution in [-0.2, 0) is 0 Å². The second-order valence-corrected chi connectivity index (χ2v) is 7.19. The molecule has 118 valence electrons. The van der Waals surface area contributed by atoms with Crippen LogP contribution in [0.15, 0.2) is 66.7 Å². The fourth-order valence-corrected chi connectivity index (χ4v) is 3.85. The summed E-state index contributed by atoms with van der Waals surface area (Å²) in [6, 6.07) is 23.3. The van der Waals surface area contributed by atoms with Crippen molar-refractivity contribution >= 4 is 22.1 Å². The molecule has 3 aromatic carbocycles. The molecular weight excluding hydrogens is 312 g/mol. The molecule has 0 saturated carbocycles. The minimum absolute atomic E-state index is 0.467. The quantitative estimate of drug-likeness (QED) is 0.450. The molecule has 4 rings (SSSR count). The average molecular weight is 330 g/mol. The van der Waals surface area contributed by atoms with E-state index in [-0.39, 0.29) is 0 Å². The van der Waals surface area contributed by atoms with Crippen LogP contribution in [0.3, 0.4) is 0 Å². The van der Waals surface area contributed by atoms with Crippen LogP contribution in [0.25, 0.3) is 31.9 Å². The molecule has 2 nitrogen and oxygen atoms in total. The van der Waals surface area contributed by atoms with E-state index in [0.29, 0.717) is 5.92 Å². The molecule has 0 atom stereocenters. The molecule has 0 spiro atoms. The molecule has 0 N–H and O–H groups in total. The summed E-state index contributed by atoms with van der Waals surface area (Å²) in [5.41, 5.74) is 3.63. The van der Waals surface area contributed by atoms with Gasteiger partial charge in [-0.15, -0.1) is 10.2 Å². The van der Waals surface area contributed by atoms with Crippen molar-refractivity contribution < 1.29 is 0 Å². The Hall–Kier alpha value is -2.52. The minimum atomic E-state index is 0.467. The summed E-state index contributed by atoms with van der Waals surface area (Å²) in [7, 11) is 0. The zero-order valence-corrected chi connectivity index (χ0v) is 14.5. The Morgan fingerprint density at radius 3 is 2.29 bits per heavy atom. The summed E-state index contributed by atoms with van der Waals surface area (Å²) >= 11 is 1.66. The first-order valence-electron chi connectivity index (χ1n) is 8.14. The van der Waals surface area contributed by atoms with Crippen molar-refractivity contribution in [1.29, 1.82) is 0 Å². The lowest BCUT2D eigenvalue weighted by Crippen LogP contribution is -1.91. The molecule has 0 unspecified atom stereocenters. The van der Waals surface area contributed by atoms with E-state index in [1.807, 2.05) is 0 Å². The van der Waals surface area contributed by atoms with E-state index in [9.17, 15) is 0 Å². The van der Waals surface area contributed by atoms with Gasteiger partial charge in [0.25, 0.3) is 0 Å². The molecule has 1 heterocycles. The first kappa shape index (κ1) is 15.0. The lowest BCUT2D eigenvalue weighted by molar-refractivity contribution is 0.868. The molecule has 1 aromatic heterocycles. The number of fused-ring (bicyclic) bond motifs is 1. The maximum atomic E-state index is 4.45. The zero-order valence-electron chi connectivity index (χ0n) is 13.7. The molecular formula is C21H18N2S. The standard InChI is InChI=1S/C21H18N2S/c1-14(2)18-9-5-6-10-19(18)21-23-22-20(24-21)17-12-11-15-7-3-4-8-16(15)13-17/h3-14H,1-2H3. The molecule has 0 aliphatic rings. The molecule has 3 heteroatoms. The van der Waals surface area contributed by atoms with Crippen LogP contribution < -0.4 is 0 Å². The monoisotopic (exact) mass is 330 g/mol. The highest BCUT2D eigenvalue weighted by atomic mass is 32.1. The molecule has 4 aromatic rings. The van der Waals surface area contributed by atoms with E-state index < -0.39 is 0 Å². The summed E-state index contributed by atoms with van der Waals surface area (Å²) in [5, 5.41) is 13.3. The van der Waals surface area contributed by atoms with E-state index in [0.717, 1.165) is 15.6 Å². The summed E-state index contributed by atoms with van der Waals surface area (Å²) < 4.78 is 0. The minimum Gasteiger partial charge on any atom is -0.138 e. The van der Waals surface area contributed by atoms with Crippen molar-refractivity contribution in [3.05, 3.63) is 72.3 Å². The smallest absolute Gasteiger partial charge is 0.138 e. The molecule has 0 radical (unpaired) electrons.